The van der Waals surface area contributed by atoms with Crippen molar-refractivity contribution < 1.29 is 9.47 Å². The lowest BCUT2D eigenvalue weighted by atomic mass is 10.1. The molecule has 1 aromatic carbocycles. The molecule has 0 saturated carbocycles. The number of pyridine rings is 1. The predicted octanol–water partition coefficient (Wildman–Crippen LogP) is 3.50. The Labute approximate surface area is 173 Å². The number of hydrogen-bond acceptors (Lipinski definition) is 7. The van der Waals surface area contributed by atoms with Crippen LogP contribution in [0.1, 0.15) is 17.3 Å². The second-order valence-corrected chi connectivity index (χ2v) is 7.55. The monoisotopic (exact) mass is 416 g/mol. The minimum absolute atomic E-state index is 0. The van der Waals surface area contributed by atoms with E-state index in [0.717, 1.165) is 53.9 Å². The summed E-state index contributed by atoms with van der Waals surface area (Å²) in [7, 11) is 0. The zero-order valence-corrected chi connectivity index (χ0v) is 16.8. The van der Waals surface area contributed by atoms with Crippen molar-refractivity contribution in [2.45, 2.75) is 12.6 Å². The van der Waals surface area contributed by atoms with Gasteiger partial charge in [-0.2, -0.15) is 0 Å². The molecule has 1 unspecified atom stereocenters. The van der Waals surface area contributed by atoms with Crippen LogP contribution in [0.4, 0.5) is 0 Å². The molecule has 0 aliphatic carbocycles. The molecule has 146 valence electrons. The van der Waals surface area contributed by atoms with E-state index in [1.54, 1.807) is 11.3 Å². The topological polar surface area (TPSA) is 59.5 Å². The molecule has 0 bridgehead atoms. The number of halogens is 1. The quantitative estimate of drug-likeness (QED) is 0.702. The van der Waals surface area contributed by atoms with E-state index >= 15 is 0 Å². The molecule has 1 N–H and O–H groups in total. The Morgan fingerprint density at radius 2 is 2.14 bits per heavy atom. The molecule has 1 fully saturated rings. The standard InChI is InChI=1S/C20H20N4O2S.ClH/c1-2-15(9-21-5-1)17-10-22-6-7-24(17)11-16-12-27-20(23-16)14-3-4-18-19(8-14)26-13-25-18;/h1-5,8-9,12,17,22H,6-7,10-11,13H2;1H. The third-order valence-electron chi connectivity index (χ3n) is 4.96. The van der Waals surface area contributed by atoms with E-state index in [9.17, 15) is 0 Å². The Hall–Kier alpha value is -2.19. The molecule has 2 aliphatic heterocycles. The molecule has 0 radical (unpaired) electrons. The second kappa shape index (κ2) is 8.45. The number of piperazine rings is 1. The number of benzene rings is 1. The molecule has 28 heavy (non-hydrogen) atoms. The van der Waals surface area contributed by atoms with Crippen LogP contribution in [0.15, 0.2) is 48.1 Å². The SMILES string of the molecule is Cl.c1cncc(C2CNCCN2Cc2csc(-c3ccc4c(c3)OCO4)n2)c1. The average molecular weight is 417 g/mol. The summed E-state index contributed by atoms with van der Waals surface area (Å²) in [5.41, 5.74) is 3.42. The highest BCUT2D eigenvalue weighted by Gasteiger charge is 2.25. The maximum Gasteiger partial charge on any atom is 0.231 e. The first-order chi connectivity index (χ1) is 13.4. The minimum Gasteiger partial charge on any atom is -0.454 e. The van der Waals surface area contributed by atoms with Crippen molar-refractivity contribution in [1.29, 1.82) is 0 Å². The van der Waals surface area contributed by atoms with E-state index in [0.29, 0.717) is 12.8 Å². The number of thiazole rings is 1. The van der Waals surface area contributed by atoms with E-state index in [1.807, 2.05) is 36.7 Å². The Balaban J connectivity index is 0.00000192. The van der Waals surface area contributed by atoms with Crippen molar-refractivity contribution in [2.24, 2.45) is 0 Å². The Morgan fingerprint density at radius 3 is 3.04 bits per heavy atom. The highest BCUT2D eigenvalue weighted by atomic mass is 35.5. The summed E-state index contributed by atoms with van der Waals surface area (Å²) in [5.74, 6) is 1.60. The normalized spacial score (nSPS) is 18.6. The van der Waals surface area contributed by atoms with Crippen LogP contribution >= 0.6 is 23.7 Å². The molecule has 1 atom stereocenters. The Bertz CT molecular complexity index is 937. The molecule has 3 aromatic rings. The van der Waals surface area contributed by atoms with Crippen LogP contribution in [0.3, 0.4) is 0 Å². The van der Waals surface area contributed by atoms with Gasteiger partial charge in [0.15, 0.2) is 11.5 Å². The Kier molecular flexibility index (Phi) is 5.77. The number of ether oxygens (including phenoxy) is 2. The molecule has 8 heteroatoms. The smallest absolute Gasteiger partial charge is 0.231 e. The molecular weight excluding hydrogens is 396 g/mol. The molecule has 6 nitrogen and oxygen atoms in total. The van der Waals surface area contributed by atoms with Crippen LogP contribution in [0.2, 0.25) is 0 Å². The zero-order chi connectivity index (χ0) is 18.1. The van der Waals surface area contributed by atoms with Crippen LogP contribution in [0.5, 0.6) is 11.5 Å². The molecule has 2 aliphatic rings. The first-order valence-corrected chi connectivity index (χ1v) is 9.94. The van der Waals surface area contributed by atoms with Crippen LogP contribution in [-0.2, 0) is 6.54 Å². The van der Waals surface area contributed by atoms with Gasteiger partial charge in [0.1, 0.15) is 5.01 Å². The van der Waals surface area contributed by atoms with Gasteiger partial charge in [-0.25, -0.2) is 4.98 Å². The van der Waals surface area contributed by atoms with E-state index in [-0.39, 0.29) is 12.4 Å². The van der Waals surface area contributed by atoms with Gasteiger partial charge >= 0.3 is 0 Å². The number of aromatic nitrogens is 2. The number of hydrogen-bond donors (Lipinski definition) is 1. The predicted molar refractivity (Wildman–Crippen MR) is 111 cm³/mol. The molecule has 5 rings (SSSR count). The summed E-state index contributed by atoms with van der Waals surface area (Å²) in [5, 5.41) is 6.66. The summed E-state index contributed by atoms with van der Waals surface area (Å²) in [6.07, 6.45) is 3.78. The number of fused-ring (bicyclic) bond motifs is 1. The number of rotatable bonds is 4. The molecule has 1 saturated heterocycles. The fraction of sp³-hybridized carbons (Fsp3) is 0.300. The van der Waals surface area contributed by atoms with Crippen molar-refractivity contribution in [3.63, 3.8) is 0 Å². The van der Waals surface area contributed by atoms with E-state index in [2.05, 4.69) is 26.6 Å². The summed E-state index contributed by atoms with van der Waals surface area (Å²) in [6, 6.07) is 10.5. The third kappa shape index (κ3) is 3.84. The molecular formula is C20H21ClN4O2S. The lowest BCUT2D eigenvalue weighted by molar-refractivity contribution is 0.152. The van der Waals surface area contributed by atoms with Crippen LogP contribution in [0.25, 0.3) is 10.6 Å². The van der Waals surface area contributed by atoms with E-state index in [1.165, 1.54) is 5.56 Å². The molecule has 2 aromatic heterocycles. The minimum atomic E-state index is 0. The van der Waals surface area contributed by atoms with Crippen LogP contribution < -0.4 is 14.8 Å². The maximum absolute atomic E-state index is 5.49. The Morgan fingerprint density at radius 1 is 1.21 bits per heavy atom. The third-order valence-corrected chi connectivity index (χ3v) is 5.90. The molecule has 0 spiro atoms. The van der Waals surface area contributed by atoms with Gasteiger partial charge in [0.2, 0.25) is 6.79 Å². The van der Waals surface area contributed by atoms with Crippen molar-refractivity contribution >= 4 is 23.7 Å². The summed E-state index contributed by atoms with van der Waals surface area (Å²) in [4.78, 5) is 11.6. The van der Waals surface area contributed by atoms with Crippen molar-refractivity contribution in [2.75, 3.05) is 26.4 Å². The number of nitrogens with one attached hydrogen (secondary N) is 1. The van der Waals surface area contributed by atoms with Gasteiger partial charge in [-0.15, -0.1) is 23.7 Å². The largest absolute Gasteiger partial charge is 0.454 e. The van der Waals surface area contributed by atoms with Gasteiger partial charge in [-0.3, -0.25) is 9.88 Å². The average Bonchev–Trinajstić information content (AvgIpc) is 3.38. The van der Waals surface area contributed by atoms with Gasteiger partial charge in [0.25, 0.3) is 0 Å². The summed E-state index contributed by atoms with van der Waals surface area (Å²) in [6.45, 7) is 4.06. The fourth-order valence-electron chi connectivity index (χ4n) is 3.59. The van der Waals surface area contributed by atoms with Crippen molar-refractivity contribution in [3.8, 4) is 22.1 Å². The van der Waals surface area contributed by atoms with Gasteiger partial charge in [0.05, 0.1) is 5.69 Å². The second-order valence-electron chi connectivity index (χ2n) is 6.69. The van der Waals surface area contributed by atoms with Gasteiger partial charge in [-0.1, -0.05) is 6.07 Å². The van der Waals surface area contributed by atoms with E-state index < -0.39 is 0 Å². The summed E-state index contributed by atoms with van der Waals surface area (Å²) >= 11 is 1.67. The first kappa shape index (κ1) is 19.1. The zero-order valence-electron chi connectivity index (χ0n) is 15.2. The van der Waals surface area contributed by atoms with Crippen molar-refractivity contribution in [3.05, 3.63) is 59.4 Å². The van der Waals surface area contributed by atoms with Crippen LogP contribution in [-0.4, -0.2) is 41.3 Å². The van der Waals surface area contributed by atoms with Gasteiger partial charge < -0.3 is 14.8 Å². The lowest BCUT2D eigenvalue weighted by Crippen LogP contribution is -2.45. The van der Waals surface area contributed by atoms with E-state index in [4.69, 9.17) is 14.5 Å². The molecule has 4 heterocycles. The highest BCUT2D eigenvalue weighted by Crippen LogP contribution is 2.37. The highest BCUT2D eigenvalue weighted by molar-refractivity contribution is 7.13. The lowest BCUT2D eigenvalue weighted by Gasteiger charge is -2.35. The molecule has 0 amide bonds. The van der Waals surface area contributed by atoms with Crippen molar-refractivity contribution in [1.82, 2.24) is 20.2 Å². The van der Waals surface area contributed by atoms with Crippen LogP contribution in [0, 0.1) is 0 Å². The summed E-state index contributed by atoms with van der Waals surface area (Å²) < 4.78 is 10.9. The van der Waals surface area contributed by atoms with Gasteiger partial charge in [-0.05, 0) is 29.8 Å². The first-order valence-electron chi connectivity index (χ1n) is 9.06. The maximum atomic E-state index is 5.49. The van der Waals surface area contributed by atoms with Gasteiger partial charge in [0, 0.05) is 55.6 Å². The number of nitrogens with zero attached hydrogens (tertiary/aromatic N) is 3. The fourth-order valence-corrected chi connectivity index (χ4v) is 4.40.